The van der Waals surface area contributed by atoms with Gasteiger partial charge >= 0.3 is 0 Å². The summed E-state index contributed by atoms with van der Waals surface area (Å²) in [7, 11) is 0. The fraction of sp³-hybridized carbons (Fsp3) is 0.650. The summed E-state index contributed by atoms with van der Waals surface area (Å²) in [5.41, 5.74) is 0.213. The molecule has 24 heavy (non-hydrogen) atoms. The van der Waals surface area contributed by atoms with E-state index < -0.39 is 5.60 Å². The Morgan fingerprint density at radius 2 is 1.92 bits per heavy atom. The van der Waals surface area contributed by atoms with Crippen molar-refractivity contribution in [3.05, 3.63) is 29.8 Å². The van der Waals surface area contributed by atoms with Crippen LogP contribution >= 0.6 is 0 Å². The molecule has 1 aromatic rings. The molecule has 1 amide bonds. The van der Waals surface area contributed by atoms with Gasteiger partial charge in [-0.15, -0.1) is 0 Å². The van der Waals surface area contributed by atoms with Gasteiger partial charge in [-0.25, -0.2) is 0 Å². The monoisotopic (exact) mass is 329 g/mol. The zero-order valence-electron chi connectivity index (χ0n) is 14.3. The minimum atomic E-state index is -0.520. The van der Waals surface area contributed by atoms with Crippen LogP contribution in [0.5, 0.6) is 5.75 Å². The average molecular weight is 329 g/mol. The Bertz CT molecular complexity index is 642. The number of phenols is 1. The van der Waals surface area contributed by atoms with Crippen LogP contribution in [0.1, 0.15) is 63.5 Å². The summed E-state index contributed by atoms with van der Waals surface area (Å²) >= 11 is 0. The smallest absolute Gasteiger partial charge is 0.221 e. The SMILES string of the molecule is C[C@H](NC(=O)CC12C[C@@H]3C[C@H](CC(O)(C3)C1)C2)c1ccccc1O. The van der Waals surface area contributed by atoms with Gasteiger partial charge in [0.05, 0.1) is 11.6 Å². The Balaban J connectivity index is 1.44. The molecule has 0 aromatic heterocycles. The van der Waals surface area contributed by atoms with Gasteiger partial charge in [-0.3, -0.25) is 4.79 Å². The van der Waals surface area contributed by atoms with Crippen molar-refractivity contribution in [2.45, 2.75) is 63.5 Å². The summed E-state index contributed by atoms with van der Waals surface area (Å²) in [6.07, 6.45) is 6.56. The molecule has 0 spiro atoms. The van der Waals surface area contributed by atoms with Crippen molar-refractivity contribution < 1.29 is 15.0 Å². The van der Waals surface area contributed by atoms with Crippen LogP contribution in [0.4, 0.5) is 0 Å². The van der Waals surface area contributed by atoms with Gasteiger partial charge in [0.2, 0.25) is 5.91 Å². The number of rotatable bonds is 4. The Hall–Kier alpha value is -1.55. The van der Waals surface area contributed by atoms with Gasteiger partial charge in [0.15, 0.2) is 0 Å². The predicted molar refractivity (Wildman–Crippen MR) is 91.3 cm³/mol. The molecule has 130 valence electrons. The van der Waals surface area contributed by atoms with Crippen molar-refractivity contribution in [1.29, 1.82) is 0 Å². The molecular weight excluding hydrogens is 302 g/mol. The largest absolute Gasteiger partial charge is 0.508 e. The van der Waals surface area contributed by atoms with Crippen molar-refractivity contribution in [1.82, 2.24) is 5.32 Å². The molecule has 3 N–H and O–H groups in total. The number of phenolic OH excluding ortho intramolecular Hbond substituents is 1. The van der Waals surface area contributed by atoms with E-state index in [4.69, 9.17) is 0 Å². The second-order valence-electron chi connectivity index (χ2n) is 8.71. The van der Waals surface area contributed by atoms with Crippen molar-refractivity contribution >= 4 is 5.91 Å². The fourth-order valence-electron chi connectivity index (χ4n) is 6.17. The van der Waals surface area contributed by atoms with E-state index in [1.165, 1.54) is 6.42 Å². The molecule has 4 heteroatoms. The summed E-state index contributed by atoms with van der Waals surface area (Å²) < 4.78 is 0. The van der Waals surface area contributed by atoms with E-state index in [1.54, 1.807) is 12.1 Å². The molecular formula is C20H27NO3. The lowest BCUT2D eigenvalue weighted by molar-refractivity contribution is -0.169. The lowest BCUT2D eigenvalue weighted by atomic mass is 9.47. The van der Waals surface area contributed by atoms with Gasteiger partial charge in [-0.2, -0.15) is 0 Å². The second kappa shape index (κ2) is 5.48. The molecule has 0 heterocycles. The van der Waals surface area contributed by atoms with Crippen molar-refractivity contribution in [2.24, 2.45) is 17.3 Å². The minimum absolute atomic E-state index is 0.0125. The van der Waals surface area contributed by atoms with Crippen molar-refractivity contribution in [2.75, 3.05) is 0 Å². The van der Waals surface area contributed by atoms with Gasteiger partial charge in [0, 0.05) is 12.0 Å². The number of hydrogen-bond acceptors (Lipinski definition) is 3. The van der Waals surface area contributed by atoms with E-state index in [1.807, 2.05) is 19.1 Å². The highest BCUT2D eigenvalue weighted by atomic mass is 16.3. The van der Waals surface area contributed by atoms with Crippen LogP contribution in [0.15, 0.2) is 24.3 Å². The molecule has 4 aliphatic carbocycles. The standard InChI is InChI=1S/C20H27NO3/c1-13(16-4-2-3-5-17(16)22)21-18(23)11-19-7-14-6-15(8-19)10-20(24,9-14)12-19/h2-5,13-15,22,24H,6-12H2,1H3,(H,21,23)/t13-,14-,15-,19?,20?/m0/s1. The summed E-state index contributed by atoms with van der Waals surface area (Å²) in [6.45, 7) is 1.90. The maximum atomic E-state index is 12.7. The molecule has 5 rings (SSSR count). The van der Waals surface area contributed by atoms with E-state index in [0.29, 0.717) is 18.3 Å². The molecule has 0 saturated heterocycles. The Morgan fingerprint density at radius 3 is 2.54 bits per heavy atom. The Morgan fingerprint density at radius 1 is 1.25 bits per heavy atom. The van der Waals surface area contributed by atoms with Gasteiger partial charge < -0.3 is 15.5 Å². The third kappa shape index (κ3) is 2.81. The third-order valence-electron chi connectivity index (χ3n) is 6.47. The Kier molecular flexibility index (Phi) is 3.64. The van der Waals surface area contributed by atoms with E-state index in [0.717, 1.165) is 37.7 Å². The maximum absolute atomic E-state index is 12.7. The minimum Gasteiger partial charge on any atom is -0.508 e. The van der Waals surface area contributed by atoms with Gasteiger partial charge in [0.1, 0.15) is 5.75 Å². The molecule has 4 aliphatic rings. The quantitative estimate of drug-likeness (QED) is 0.794. The fourth-order valence-corrected chi connectivity index (χ4v) is 6.17. The van der Waals surface area contributed by atoms with Crippen molar-refractivity contribution in [3.63, 3.8) is 0 Å². The number of carbonyl (C=O) groups excluding carboxylic acids is 1. The van der Waals surface area contributed by atoms with Gasteiger partial charge in [-0.05, 0) is 68.8 Å². The first-order valence-corrected chi connectivity index (χ1v) is 9.16. The highest BCUT2D eigenvalue weighted by Gasteiger charge is 2.57. The second-order valence-corrected chi connectivity index (χ2v) is 8.71. The lowest BCUT2D eigenvalue weighted by Crippen LogP contribution is -2.56. The molecule has 4 nitrogen and oxygen atoms in total. The summed E-state index contributed by atoms with van der Waals surface area (Å²) in [5, 5.41) is 23.8. The molecule has 0 aliphatic heterocycles. The van der Waals surface area contributed by atoms with Crippen LogP contribution in [0.25, 0.3) is 0 Å². The summed E-state index contributed by atoms with van der Waals surface area (Å²) in [4.78, 5) is 12.7. The molecule has 4 fully saturated rings. The molecule has 0 radical (unpaired) electrons. The predicted octanol–water partition coefficient (Wildman–Crippen LogP) is 3.29. The number of aromatic hydroxyl groups is 1. The van der Waals surface area contributed by atoms with Crippen LogP contribution in [0.3, 0.4) is 0 Å². The van der Waals surface area contributed by atoms with Crippen LogP contribution < -0.4 is 5.32 Å². The molecule has 4 saturated carbocycles. The molecule has 1 aromatic carbocycles. The van der Waals surface area contributed by atoms with Crippen molar-refractivity contribution in [3.8, 4) is 5.75 Å². The maximum Gasteiger partial charge on any atom is 0.221 e. The number of benzene rings is 1. The lowest BCUT2D eigenvalue weighted by Gasteiger charge is -2.60. The number of para-hydroxylation sites is 1. The highest BCUT2D eigenvalue weighted by molar-refractivity contribution is 5.77. The van der Waals surface area contributed by atoms with Crippen LogP contribution in [-0.2, 0) is 4.79 Å². The zero-order valence-corrected chi connectivity index (χ0v) is 14.3. The summed E-state index contributed by atoms with van der Waals surface area (Å²) in [6, 6.07) is 6.92. The summed E-state index contributed by atoms with van der Waals surface area (Å²) in [5.74, 6) is 1.45. The van der Waals surface area contributed by atoms with Gasteiger partial charge in [0.25, 0.3) is 0 Å². The zero-order chi connectivity index (χ0) is 16.9. The highest BCUT2D eigenvalue weighted by Crippen LogP contribution is 2.62. The first kappa shape index (κ1) is 15.9. The average Bonchev–Trinajstić information content (AvgIpc) is 2.43. The van der Waals surface area contributed by atoms with E-state index in [-0.39, 0.29) is 23.1 Å². The molecule has 0 unspecified atom stereocenters. The normalized spacial score (nSPS) is 38.1. The van der Waals surface area contributed by atoms with Crippen LogP contribution in [0.2, 0.25) is 0 Å². The number of aliphatic hydroxyl groups is 1. The first-order valence-electron chi connectivity index (χ1n) is 9.16. The number of nitrogens with one attached hydrogen (secondary N) is 1. The van der Waals surface area contributed by atoms with Crippen LogP contribution in [0, 0.1) is 17.3 Å². The van der Waals surface area contributed by atoms with Crippen LogP contribution in [-0.4, -0.2) is 21.7 Å². The number of carbonyl (C=O) groups is 1. The third-order valence-corrected chi connectivity index (χ3v) is 6.47. The van der Waals surface area contributed by atoms with E-state index in [2.05, 4.69) is 5.32 Å². The van der Waals surface area contributed by atoms with E-state index >= 15 is 0 Å². The number of amides is 1. The van der Waals surface area contributed by atoms with Gasteiger partial charge in [-0.1, -0.05) is 18.2 Å². The molecule has 4 bridgehead atoms. The Labute approximate surface area is 143 Å². The first-order chi connectivity index (χ1) is 11.4. The van der Waals surface area contributed by atoms with E-state index in [9.17, 15) is 15.0 Å². The topological polar surface area (TPSA) is 69.6 Å². The molecule has 3 atom stereocenters. The number of hydrogen-bond donors (Lipinski definition) is 3.